The lowest BCUT2D eigenvalue weighted by Gasteiger charge is -2.05. The van der Waals surface area contributed by atoms with Crippen molar-refractivity contribution in [1.29, 1.82) is 0 Å². The summed E-state index contributed by atoms with van der Waals surface area (Å²) in [6.07, 6.45) is 0. The minimum atomic E-state index is -3.99. The average Bonchev–Trinajstić information content (AvgIpc) is 2.91. The maximum atomic E-state index is 13.6. The largest absolute Gasteiger partial charge is 0.465 e. The van der Waals surface area contributed by atoms with Crippen LogP contribution in [-0.2, 0) is 26.1 Å². The van der Waals surface area contributed by atoms with Crippen LogP contribution in [0.3, 0.4) is 0 Å². The van der Waals surface area contributed by atoms with Gasteiger partial charge in [-0.05, 0) is 44.2 Å². The predicted octanol–water partition coefficient (Wildman–Crippen LogP) is 3.00. The standard InChI is InChI=1S/C18H17FN2O4S2/c1-3-25-17(22)11-21-15-9-6-13(19)10-16(15)26-18(21)20-27(23,24)14-7-4-12(2)5-8-14/h4-10H,3,11H2,1-2H3/b20-18-. The van der Waals surface area contributed by atoms with E-state index in [9.17, 15) is 17.6 Å². The number of fused-ring (bicyclic) bond motifs is 1. The van der Waals surface area contributed by atoms with Crippen LogP contribution in [0.4, 0.5) is 4.39 Å². The molecule has 3 aromatic rings. The summed E-state index contributed by atoms with van der Waals surface area (Å²) >= 11 is 0.992. The zero-order chi connectivity index (χ0) is 19.6. The highest BCUT2D eigenvalue weighted by atomic mass is 32.2. The van der Waals surface area contributed by atoms with Crippen molar-refractivity contribution in [1.82, 2.24) is 4.57 Å². The van der Waals surface area contributed by atoms with Gasteiger partial charge >= 0.3 is 5.97 Å². The summed E-state index contributed by atoms with van der Waals surface area (Å²) in [5, 5.41) is 0. The molecule has 0 fully saturated rings. The molecule has 0 aliphatic carbocycles. The van der Waals surface area contributed by atoms with Crippen LogP contribution in [0, 0.1) is 12.7 Å². The number of esters is 1. The van der Waals surface area contributed by atoms with E-state index in [0.29, 0.717) is 10.2 Å². The molecule has 0 amide bonds. The third-order valence-electron chi connectivity index (χ3n) is 3.75. The van der Waals surface area contributed by atoms with Gasteiger partial charge in [0.05, 0.1) is 21.7 Å². The van der Waals surface area contributed by atoms with Crippen molar-refractivity contribution >= 4 is 37.5 Å². The van der Waals surface area contributed by atoms with Crippen molar-refractivity contribution in [3.63, 3.8) is 0 Å². The lowest BCUT2D eigenvalue weighted by atomic mass is 10.2. The lowest BCUT2D eigenvalue weighted by Crippen LogP contribution is -2.23. The van der Waals surface area contributed by atoms with Crippen molar-refractivity contribution in [2.45, 2.75) is 25.3 Å². The van der Waals surface area contributed by atoms with Gasteiger partial charge in [-0.25, -0.2) is 4.39 Å². The fourth-order valence-electron chi connectivity index (χ4n) is 2.47. The Hall–Kier alpha value is -2.52. The number of sulfonamides is 1. The molecule has 2 aromatic carbocycles. The summed E-state index contributed by atoms with van der Waals surface area (Å²) in [7, 11) is -3.99. The summed E-state index contributed by atoms with van der Waals surface area (Å²) in [5.41, 5.74) is 1.43. The average molecular weight is 408 g/mol. The van der Waals surface area contributed by atoms with Gasteiger partial charge in [-0.1, -0.05) is 29.0 Å². The Morgan fingerprint density at radius 2 is 1.93 bits per heavy atom. The van der Waals surface area contributed by atoms with Gasteiger partial charge in [-0.3, -0.25) is 4.79 Å². The van der Waals surface area contributed by atoms with Gasteiger partial charge in [0.1, 0.15) is 12.4 Å². The number of ether oxygens (including phenoxy) is 1. The quantitative estimate of drug-likeness (QED) is 0.608. The van der Waals surface area contributed by atoms with Crippen LogP contribution in [0.25, 0.3) is 10.2 Å². The molecule has 0 saturated heterocycles. The second-order valence-electron chi connectivity index (χ2n) is 5.77. The zero-order valence-electron chi connectivity index (χ0n) is 14.7. The van der Waals surface area contributed by atoms with Gasteiger partial charge in [0, 0.05) is 0 Å². The number of aryl methyl sites for hydroxylation is 1. The van der Waals surface area contributed by atoms with Crippen LogP contribution in [0.15, 0.2) is 51.8 Å². The predicted molar refractivity (Wildman–Crippen MR) is 100 cm³/mol. The third-order valence-corrected chi connectivity index (χ3v) is 6.19. The Labute approximate surface area is 159 Å². The van der Waals surface area contributed by atoms with Crippen LogP contribution in [0.2, 0.25) is 0 Å². The highest BCUT2D eigenvalue weighted by Crippen LogP contribution is 2.20. The van der Waals surface area contributed by atoms with E-state index in [1.54, 1.807) is 19.1 Å². The molecule has 0 spiro atoms. The second-order valence-corrected chi connectivity index (χ2v) is 8.38. The number of aromatic nitrogens is 1. The molecule has 0 aliphatic rings. The number of carbonyl (C=O) groups excluding carboxylic acids is 1. The topological polar surface area (TPSA) is 77.7 Å². The number of rotatable bonds is 5. The van der Waals surface area contributed by atoms with Crippen LogP contribution in [0.1, 0.15) is 12.5 Å². The fourth-order valence-corrected chi connectivity index (χ4v) is 4.73. The molecule has 0 aliphatic heterocycles. The van der Waals surface area contributed by atoms with Crippen molar-refractivity contribution in [2.24, 2.45) is 4.40 Å². The summed E-state index contributed by atoms with van der Waals surface area (Å²) in [6, 6.07) is 10.3. The lowest BCUT2D eigenvalue weighted by molar-refractivity contribution is -0.143. The Bertz CT molecular complexity index is 1160. The zero-order valence-corrected chi connectivity index (χ0v) is 16.3. The van der Waals surface area contributed by atoms with E-state index >= 15 is 0 Å². The van der Waals surface area contributed by atoms with E-state index < -0.39 is 21.8 Å². The van der Waals surface area contributed by atoms with Gasteiger partial charge in [0.25, 0.3) is 10.0 Å². The van der Waals surface area contributed by atoms with Crippen LogP contribution in [0.5, 0.6) is 0 Å². The normalized spacial score (nSPS) is 12.5. The molecule has 3 rings (SSSR count). The summed E-state index contributed by atoms with van der Waals surface area (Å²) < 4.78 is 49.6. The number of hydrogen-bond acceptors (Lipinski definition) is 5. The molecule has 0 N–H and O–H groups in total. The number of benzene rings is 2. The highest BCUT2D eigenvalue weighted by Gasteiger charge is 2.16. The molecule has 9 heteroatoms. The number of carbonyl (C=O) groups is 1. The van der Waals surface area contributed by atoms with E-state index in [4.69, 9.17) is 4.74 Å². The monoisotopic (exact) mass is 408 g/mol. The Morgan fingerprint density at radius 1 is 1.22 bits per heavy atom. The van der Waals surface area contributed by atoms with Gasteiger partial charge in [-0.2, -0.15) is 8.42 Å². The molecule has 1 heterocycles. The first-order valence-electron chi connectivity index (χ1n) is 8.12. The van der Waals surface area contributed by atoms with Gasteiger partial charge in [0.15, 0.2) is 0 Å². The molecule has 0 unspecified atom stereocenters. The minimum Gasteiger partial charge on any atom is -0.465 e. The first-order chi connectivity index (χ1) is 12.8. The molecular formula is C18H17FN2O4S2. The molecule has 6 nitrogen and oxygen atoms in total. The maximum Gasteiger partial charge on any atom is 0.326 e. The Kier molecular flexibility index (Phi) is 5.43. The first-order valence-corrected chi connectivity index (χ1v) is 10.4. The first kappa shape index (κ1) is 19.2. The van der Waals surface area contributed by atoms with Crippen molar-refractivity contribution in [2.75, 3.05) is 6.61 Å². The van der Waals surface area contributed by atoms with E-state index in [-0.39, 0.29) is 22.8 Å². The number of halogens is 1. The molecule has 1 aromatic heterocycles. The van der Waals surface area contributed by atoms with E-state index in [2.05, 4.69) is 4.40 Å². The molecule has 0 saturated carbocycles. The van der Waals surface area contributed by atoms with Crippen LogP contribution < -0.4 is 4.80 Å². The SMILES string of the molecule is CCOC(=O)Cn1/c(=N/S(=O)(=O)c2ccc(C)cc2)sc2cc(F)ccc21. The molecule has 0 radical (unpaired) electrons. The van der Waals surface area contributed by atoms with E-state index in [1.807, 2.05) is 6.92 Å². The summed E-state index contributed by atoms with van der Waals surface area (Å²) in [6.45, 7) is 3.50. The fraction of sp³-hybridized carbons (Fsp3) is 0.222. The second kappa shape index (κ2) is 7.61. The third kappa shape index (κ3) is 4.25. The van der Waals surface area contributed by atoms with Crippen molar-refractivity contribution in [3.05, 3.63) is 58.6 Å². The molecule has 27 heavy (non-hydrogen) atoms. The van der Waals surface area contributed by atoms with Crippen LogP contribution in [-0.4, -0.2) is 25.6 Å². The van der Waals surface area contributed by atoms with Gasteiger partial charge in [0.2, 0.25) is 4.80 Å². The van der Waals surface area contributed by atoms with Crippen molar-refractivity contribution in [3.8, 4) is 0 Å². The minimum absolute atomic E-state index is 0.0411. The molecule has 0 atom stereocenters. The molecular weight excluding hydrogens is 391 g/mol. The molecule has 0 bridgehead atoms. The number of hydrogen-bond donors (Lipinski definition) is 0. The van der Waals surface area contributed by atoms with Crippen LogP contribution >= 0.6 is 11.3 Å². The molecule has 142 valence electrons. The number of thiazole rings is 1. The van der Waals surface area contributed by atoms with E-state index in [0.717, 1.165) is 16.9 Å². The van der Waals surface area contributed by atoms with Crippen molar-refractivity contribution < 1.29 is 22.3 Å². The maximum absolute atomic E-state index is 13.6. The van der Waals surface area contributed by atoms with Gasteiger partial charge in [-0.15, -0.1) is 4.40 Å². The highest BCUT2D eigenvalue weighted by molar-refractivity contribution is 7.90. The smallest absolute Gasteiger partial charge is 0.326 e. The Morgan fingerprint density at radius 3 is 2.59 bits per heavy atom. The van der Waals surface area contributed by atoms with Gasteiger partial charge < -0.3 is 9.30 Å². The number of nitrogens with zero attached hydrogens (tertiary/aromatic N) is 2. The van der Waals surface area contributed by atoms with E-state index in [1.165, 1.54) is 34.9 Å². The Balaban J connectivity index is 2.18. The summed E-state index contributed by atoms with van der Waals surface area (Å²) in [5.74, 6) is -0.990. The summed E-state index contributed by atoms with van der Waals surface area (Å²) in [4.78, 5) is 12.1.